The topological polar surface area (TPSA) is 55.1 Å². The van der Waals surface area contributed by atoms with E-state index in [0.29, 0.717) is 11.1 Å². The first-order valence-corrected chi connectivity index (χ1v) is 9.80. The fraction of sp³-hybridized carbons (Fsp3) is 0.579. The molecule has 2 bridgehead atoms. The van der Waals surface area contributed by atoms with E-state index in [-0.39, 0.29) is 17.2 Å². The van der Waals surface area contributed by atoms with Crippen molar-refractivity contribution in [2.75, 3.05) is 0 Å². The number of amides is 1. The Labute approximate surface area is 146 Å². The molecule has 2 saturated carbocycles. The number of hydrogen-bond acceptors (Lipinski definition) is 4. The summed E-state index contributed by atoms with van der Waals surface area (Å²) >= 11 is 1.39. The van der Waals surface area contributed by atoms with Crippen LogP contribution in [-0.4, -0.2) is 22.2 Å². The Hall–Kier alpha value is -1.49. The molecule has 5 heteroatoms. The van der Waals surface area contributed by atoms with Crippen LogP contribution in [0.5, 0.6) is 0 Å². The predicted octanol–water partition coefficient (Wildman–Crippen LogP) is 4.25. The highest BCUT2D eigenvalue weighted by atomic mass is 32.2. The second kappa shape index (κ2) is 6.43. The van der Waals surface area contributed by atoms with Gasteiger partial charge >= 0.3 is 0 Å². The van der Waals surface area contributed by atoms with E-state index in [1.165, 1.54) is 37.4 Å². The highest BCUT2D eigenvalue weighted by Gasteiger charge is 2.42. The molecule has 0 saturated heterocycles. The SMILES string of the molecule is C[C@H](Sc1nc2ccccc2o1)C(=O)N[C@@H](C)[C@@H]1C[C@@H]2CC[C@@H]1C2. The number of nitrogens with zero attached hydrogens (tertiary/aromatic N) is 1. The van der Waals surface area contributed by atoms with Crippen molar-refractivity contribution < 1.29 is 9.21 Å². The van der Waals surface area contributed by atoms with Gasteiger partial charge in [0.25, 0.3) is 5.22 Å². The number of nitrogens with one attached hydrogen (secondary N) is 1. The number of thioether (sulfide) groups is 1. The summed E-state index contributed by atoms with van der Waals surface area (Å²) in [6.45, 7) is 4.09. The molecule has 24 heavy (non-hydrogen) atoms. The minimum atomic E-state index is -0.209. The summed E-state index contributed by atoms with van der Waals surface area (Å²) in [4.78, 5) is 17.0. The summed E-state index contributed by atoms with van der Waals surface area (Å²) in [5.41, 5.74) is 1.60. The third kappa shape index (κ3) is 3.06. The molecule has 1 amide bonds. The van der Waals surface area contributed by atoms with Crippen molar-refractivity contribution in [2.45, 2.75) is 56.0 Å². The molecule has 4 nitrogen and oxygen atoms in total. The first-order chi connectivity index (χ1) is 11.6. The standard InChI is InChI=1S/C19H24N2O2S/c1-11(15-10-13-7-8-14(15)9-13)20-18(22)12(2)24-19-21-16-5-3-4-6-17(16)23-19/h3-6,11-15H,7-10H2,1-2H3,(H,20,22)/t11-,12-,13+,14+,15-/m0/s1. The van der Waals surface area contributed by atoms with Crippen molar-refractivity contribution in [3.63, 3.8) is 0 Å². The van der Waals surface area contributed by atoms with E-state index in [2.05, 4.69) is 17.2 Å². The molecule has 1 aromatic heterocycles. The van der Waals surface area contributed by atoms with E-state index in [1.54, 1.807) is 0 Å². The monoisotopic (exact) mass is 344 g/mol. The smallest absolute Gasteiger partial charge is 0.257 e. The van der Waals surface area contributed by atoms with Crippen LogP contribution < -0.4 is 5.32 Å². The number of aromatic nitrogens is 1. The molecular formula is C19H24N2O2S. The van der Waals surface area contributed by atoms with Gasteiger partial charge in [0.1, 0.15) is 5.52 Å². The Morgan fingerprint density at radius 2 is 2.12 bits per heavy atom. The Morgan fingerprint density at radius 1 is 1.29 bits per heavy atom. The second-order valence-corrected chi connectivity index (χ2v) is 8.64. The van der Waals surface area contributed by atoms with Crippen LogP contribution >= 0.6 is 11.8 Å². The van der Waals surface area contributed by atoms with Gasteiger partial charge in [-0.05, 0) is 63.0 Å². The number of carbonyl (C=O) groups excluding carboxylic acids is 1. The van der Waals surface area contributed by atoms with Crippen LogP contribution in [0.4, 0.5) is 0 Å². The summed E-state index contributed by atoms with van der Waals surface area (Å²) in [7, 11) is 0. The lowest BCUT2D eigenvalue weighted by atomic mass is 9.84. The molecular weight excluding hydrogens is 320 g/mol. The molecule has 4 rings (SSSR count). The highest BCUT2D eigenvalue weighted by Crippen LogP contribution is 2.49. The minimum absolute atomic E-state index is 0.0810. The van der Waals surface area contributed by atoms with Crippen LogP contribution in [0.2, 0.25) is 0 Å². The van der Waals surface area contributed by atoms with Crippen molar-refractivity contribution in [2.24, 2.45) is 17.8 Å². The third-order valence-electron chi connectivity index (χ3n) is 5.73. The maximum Gasteiger partial charge on any atom is 0.257 e. The zero-order valence-corrected chi connectivity index (χ0v) is 15.0. The number of fused-ring (bicyclic) bond motifs is 3. The largest absolute Gasteiger partial charge is 0.431 e. The van der Waals surface area contributed by atoms with Crippen molar-refractivity contribution in [3.05, 3.63) is 24.3 Å². The number of benzene rings is 1. The second-order valence-electron chi connectivity index (χ2n) is 7.34. The maximum atomic E-state index is 12.5. The number of oxazole rings is 1. The zero-order valence-electron chi connectivity index (χ0n) is 14.2. The van der Waals surface area contributed by atoms with E-state index >= 15 is 0 Å². The normalized spacial score (nSPS) is 28.2. The van der Waals surface area contributed by atoms with Gasteiger partial charge in [0.15, 0.2) is 5.58 Å². The molecule has 0 unspecified atom stereocenters. The molecule has 0 radical (unpaired) electrons. The lowest BCUT2D eigenvalue weighted by Crippen LogP contribution is -2.43. The predicted molar refractivity (Wildman–Crippen MR) is 95.9 cm³/mol. The quantitative estimate of drug-likeness (QED) is 0.824. The lowest BCUT2D eigenvalue weighted by molar-refractivity contribution is -0.121. The van der Waals surface area contributed by atoms with E-state index in [1.807, 2.05) is 31.2 Å². The molecule has 2 aromatic rings. The molecule has 5 atom stereocenters. The van der Waals surface area contributed by atoms with Gasteiger partial charge in [-0.1, -0.05) is 30.3 Å². The lowest BCUT2D eigenvalue weighted by Gasteiger charge is -2.29. The fourth-order valence-corrected chi connectivity index (χ4v) is 5.23. The van der Waals surface area contributed by atoms with Gasteiger partial charge in [0, 0.05) is 6.04 Å². The first kappa shape index (κ1) is 16.0. The van der Waals surface area contributed by atoms with Crippen LogP contribution in [0.3, 0.4) is 0 Å². The number of carbonyl (C=O) groups is 1. The van der Waals surface area contributed by atoms with E-state index in [4.69, 9.17) is 4.42 Å². The van der Waals surface area contributed by atoms with Gasteiger partial charge < -0.3 is 9.73 Å². The number of rotatable bonds is 5. The summed E-state index contributed by atoms with van der Waals surface area (Å²) in [5, 5.41) is 3.58. The molecule has 1 N–H and O–H groups in total. The molecule has 2 aliphatic rings. The van der Waals surface area contributed by atoms with Gasteiger partial charge in [0.05, 0.1) is 5.25 Å². The fourth-order valence-electron chi connectivity index (χ4n) is 4.46. The number of para-hydroxylation sites is 2. The van der Waals surface area contributed by atoms with Gasteiger partial charge in [-0.2, -0.15) is 0 Å². The van der Waals surface area contributed by atoms with E-state index < -0.39 is 0 Å². The van der Waals surface area contributed by atoms with Gasteiger partial charge in [-0.25, -0.2) is 4.98 Å². The van der Waals surface area contributed by atoms with E-state index in [0.717, 1.165) is 22.9 Å². The maximum absolute atomic E-state index is 12.5. The van der Waals surface area contributed by atoms with Crippen LogP contribution in [0.15, 0.2) is 33.9 Å². The van der Waals surface area contributed by atoms with E-state index in [9.17, 15) is 4.79 Å². The van der Waals surface area contributed by atoms with Crippen LogP contribution in [-0.2, 0) is 4.79 Å². The Balaban J connectivity index is 1.35. The van der Waals surface area contributed by atoms with Crippen molar-refractivity contribution in [3.8, 4) is 0 Å². The Bertz CT molecular complexity index is 711. The van der Waals surface area contributed by atoms with Crippen LogP contribution in [0.25, 0.3) is 11.1 Å². The molecule has 2 aliphatic carbocycles. The Kier molecular flexibility index (Phi) is 4.29. The minimum Gasteiger partial charge on any atom is -0.431 e. The molecule has 0 aliphatic heterocycles. The average Bonchev–Trinajstić information content (AvgIpc) is 3.28. The van der Waals surface area contributed by atoms with Crippen LogP contribution in [0.1, 0.15) is 39.5 Å². The molecule has 1 aromatic carbocycles. The summed E-state index contributed by atoms with van der Waals surface area (Å²) in [5.74, 6) is 2.47. The van der Waals surface area contributed by atoms with Crippen molar-refractivity contribution in [1.82, 2.24) is 10.3 Å². The summed E-state index contributed by atoms with van der Waals surface area (Å²) in [6.07, 6.45) is 5.41. The highest BCUT2D eigenvalue weighted by molar-refractivity contribution is 8.00. The summed E-state index contributed by atoms with van der Waals surface area (Å²) < 4.78 is 5.71. The van der Waals surface area contributed by atoms with Crippen LogP contribution in [0, 0.1) is 17.8 Å². The third-order valence-corrected chi connectivity index (χ3v) is 6.67. The summed E-state index contributed by atoms with van der Waals surface area (Å²) in [6, 6.07) is 7.94. The zero-order chi connectivity index (χ0) is 16.7. The van der Waals surface area contributed by atoms with Crippen molar-refractivity contribution in [1.29, 1.82) is 0 Å². The Morgan fingerprint density at radius 3 is 2.83 bits per heavy atom. The molecule has 1 heterocycles. The average molecular weight is 344 g/mol. The van der Waals surface area contributed by atoms with Gasteiger partial charge in [-0.15, -0.1) is 0 Å². The van der Waals surface area contributed by atoms with Gasteiger partial charge in [-0.3, -0.25) is 4.79 Å². The van der Waals surface area contributed by atoms with Crippen molar-refractivity contribution >= 4 is 28.8 Å². The number of hydrogen-bond donors (Lipinski definition) is 1. The molecule has 2 fully saturated rings. The molecule has 0 spiro atoms. The first-order valence-electron chi connectivity index (χ1n) is 8.92. The van der Waals surface area contributed by atoms with Gasteiger partial charge in [0.2, 0.25) is 5.91 Å². The molecule has 128 valence electrons.